The van der Waals surface area contributed by atoms with Gasteiger partial charge in [0, 0.05) is 13.2 Å². The summed E-state index contributed by atoms with van der Waals surface area (Å²) >= 11 is 0. The van der Waals surface area contributed by atoms with Crippen LogP contribution in [0.25, 0.3) is 0 Å². The van der Waals surface area contributed by atoms with Gasteiger partial charge in [0.2, 0.25) is 0 Å². The van der Waals surface area contributed by atoms with E-state index in [-0.39, 0.29) is 17.6 Å². The van der Waals surface area contributed by atoms with Gasteiger partial charge in [-0.05, 0) is 26.7 Å². The second kappa shape index (κ2) is 4.10. The summed E-state index contributed by atoms with van der Waals surface area (Å²) in [4.78, 5) is 14.1. The zero-order valence-electron chi connectivity index (χ0n) is 9.49. The van der Waals surface area contributed by atoms with Crippen LogP contribution in [0.1, 0.15) is 26.7 Å². The van der Waals surface area contributed by atoms with Crippen molar-refractivity contribution in [3.05, 3.63) is 0 Å². The molecule has 15 heavy (non-hydrogen) atoms. The summed E-state index contributed by atoms with van der Waals surface area (Å²) in [6, 6.07) is 0. The average molecular weight is 213 g/mol. The van der Waals surface area contributed by atoms with Crippen LogP contribution >= 0.6 is 0 Å². The Bertz CT molecular complexity index is 246. The Labute approximate surface area is 90.5 Å². The topological polar surface area (TPSA) is 38.8 Å². The minimum Gasteiger partial charge on any atom is -0.377 e. The van der Waals surface area contributed by atoms with E-state index in [9.17, 15) is 4.79 Å². The number of morpholine rings is 1. The third-order valence-corrected chi connectivity index (χ3v) is 3.12. The fourth-order valence-electron chi connectivity index (χ4n) is 2.21. The van der Waals surface area contributed by atoms with Crippen LogP contribution in [0.5, 0.6) is 0 Å². The van der Waals surface area contributed by atoms with Gasteiger partial charge >= 0.3 is 0 Å². The molecule has 2 fully saturated rings. The molecule has 2 aliphatic rings. The van der Waals surface area contributed by atoms with Crippen molar-refractivity contribution in [2.24, 2.45) is 0 Å². The van der Waals surface area contributed by atoms with Crippen molar-refractivity contribution in [2.75, 3.05) is 26.4 Å². The standard InChI is InChI=1S/C11H19NO3/c1-11(2)8-14-7-5-12(11)10(13)9-4-3-6-15-9/h9H,3-8H2,1-2H3/t9-/m1/s1. The van der Waals surface area contributed by atoms with Gasteiger partial charge in [-0.25, -0.2) is 0 Å². The van der Waals surface area contributed by atoms with E-state index in [4.69, 9.17) is 9.47 Å². The number of amides is 1. The van der Waals surface area contributed by atoms with Gasteiger partial charge in [0.1, 0.15) is 6.10 Å². The van der Waals surface area contributed by atoms with Crippen molar-refractivity contribution in [1.82, 2.24) is 4.90 Å². The molecule has 2 saturated heterocycles. The van der Waals surface area contributed by atoms with Crippen molar-refractivity contribution in [1.29, 1.82) is 0 Å². The molecule has 0 bridgehead atoms. The quantitative estimate of drug-likeness (QED) is 0.647. The van der Waals surface area contributed by atoms with Gasteiger partial charge in [0.25, 0.3) is 5.91 Å². The fourth-order valence-corrected chi connectivity index (χ4v) is 2.21. The first-order valence-corrected chi connectivity index (χ1v) is 5.62. The Hall–Kier alpha value is -0.610. The molecule has 2 rings (SSSR count). The van der Waals surface area contributed by atoms with E-state index in [1.54, 1.807) is 0 Å². The third kappa shape index (κ3) is 2.16. The first-order chi connectivity index (χ1) is 7.11. The van der Waals surface area contributed by atoms with E-state index in [2.05, 4.69) is 0 Å². The summed E-state index contributed by atoms with van der Waals surface area (Å²) < 4.78 is 10.8. The summed E-state index contributed by atoms with van der Waals surface area (Å²) in [6.07, 6.45) is 1.66. The van der Waals surface area contributed by atoms with Crippen molar-refractivity contribution in [2.45, 2.75) is 38.3 Å². The average Bonchev–Trinajstić information content (AvgIpc) is 2.69. The van der Waals surface area contributed by atoms with E-state index in [1.165, 1.54) is 0 Å². The lowest BCUT2D eigenvalue weighted by Crippen LogP contribution is -2.57. The summed E-state index contributed by atoms with van der Waals surface area (Å²) in [5.74, 6) is 0.140. The molecule has 0 spiro atoms. The molecule has 1 amide bonds. The van der Waals surface area contributed by atoms with E-state index in [0.717, 1.165) is 19.4 Å². The monoisotopic (exact) mass is 213 g/mol. The van der Waals surface area contributed by atoms with Gasteiger partial charge in [-0.3, -0.25) is 4.79 Å². The SMILES string of the molecule is CC1(C)COCCN1C(=O)[C@H]1CCCO1. The second-order valence-electron chi connectivity index (χ2n) is 4.86. The minimum atomic E-state index is -0.206. The second-order valence-corrected chi connectivity index (χ2v) is 4.86. The van der Waals surface area contributed by atoms with Crippen LogP contribution < -0.4 is 0 Å². The van der Waals surface area contributed by atoms with Gasteiger partial charge in [-0.1, -0.05) is 0 Å². The van der Waals surface area contributed by atoms with E-state index < -0.39 is 0 Å². The molecule has 4 heteroatoms. The molecule has 2 aliphatic heterocycles. The highest BCUT2D eigenvalue weighted by Crippen LogP contribution is 2.23. The Morgan fingerprint density at radius 3 is 2.80 bits per heavy atom. The lowest BCUT2D eigenvalue weighted by Gasteiger charge is -2.43. The lowest BCUT2D eigenvalue weighted by atomic mass is 10.0. The summed E-state index contributed by atoms with van der Waals surface area (Å²) in [6.45, 7) is 6.75. The summed E-state index contributed by atoms with van der Waals surface area (Å²) in [7, 11) is 0. The highest BCUT2D eigenvalue weighted by molar-refractivity contribution is 5.82. The van der Waals surface area contributed by atoms with Crippen LogP contribution in [0.4, 0.5) is 0 Å². The van der Waals surface area contributed by atoms with Crippen molar-refractivity contribution < 1.29 is 14.3 Å². The molecule has 0 radical (unpaired) electrons. The molecule has 2 heterocycles. The van der Waals surface area contributed by atoms with Gasteiger partial charge < -0.3 is 14.4 Å². The Morgan fingerprint density at radius 1 is 1.40 bits per heavy atom. The molecular weight excluding hydrogens is 194 g/mol. The molecule has 0 aromatic heterocycles. The zero-order valence-corrected chi connectivity index (χ0v) is 9.49. The zero-order chi connectivity index (χ0) is 10.9. The molecule has 0 aromatic carbocycles. The Balaban J connectivity index is 2.04. The van der Waals surface area contributed by atoms with Gasteiger partial charge in [0.05, 0.1) is 18.8 Å². The van der Waals surface area contributed by atoms with E-state index in [0.29, 0.717) is 19.8 Å². The number of carbonyl (C=O) groups is 1. The van der Waals surface area contributed by atoms with Crippen molar-refractivity contribution in [3.63, 3.8) is 0 Å². The lowest BCUT2D eigenvalue weighted by molar-refractivity contribution is -0.155. The van der Waals surface area contributed by atoms with Crippen LogP contribution in [-0.4, -0.2) is 48.8 Å². The van der Waals surface area contributed by atoms with Gasteiger partial charge in [-0.2, -0.15) is 0 Å². The Morgan fingerprint density at radius 2 is 2.20 bits per heavy atom. The van der Waals surface area contributed by atoms with Crippen LogP contribution in [-0.2, 0) is 14.3 Å². The molecule has 0 saturated carbocycles. The van der Waals surface area contributed by atoms with Crippen LogP contribution in [0.15, 0.2) is 0 Å². The summed E-state index contributed by atoms with van der Waals surface area (Å²) in [5, 5.41) is 0. The molecule has 86 valence electrons. The molecule has 0 aromatic rings. The molecule has 1 atom stereocenters. The first kappa shape index (κ1) is 10.9. The molecule has 4 nitrogen and oxygen atoms in total. The fraction of sp³-hybridized carbons (Fsp3) is 0.909. The number of hydrogen-bond donors (Lipinski definition) is 0. The van der Waals surface area contributed by atoms with Gasteiger partial charge in [-0.15, -0.1) is 0 Å². The molecule has 0 aliphatic carbocycles. The first-order valence-electron chi connectivity index (χ1n) is 5.62. The highest BCUT2D eigenvalue weighted by atomic mass is 16.5. The minimum absolute atomic E-state index is 0.140. The van der Waals surface area contributed by atoms with Gasteiger partial charge in [0.15, 0.2) is 0 Å². The maximum atomic E-state index is 12.2. The number of ether oxygens (including phenoxy) is 2. The molecule has 0 N–H and O–H groups in total. The maximum absolute atomic E-state index is 12.2. The largest absolute Gasteiger partial charge is 0.377 e. The third-order valence-electron chi connectivity index (χ3n) is 3.12. The van der Waals surface area contributed by atoms with E-state index >= 15 is 0 Å². The normalized spacial score (nSPS) is 30.5. The number of carbonyl (C=O) groups excluding carboxylic acids is 1. The molecular formula is C11H19NO3. The molecule has 0 unspecified atom stereocenters. The Kier molecular flexibility index (Phi) is 2.98. The predicted octanol–water partition coefficient (Wildman–Crippen LogP) is 0.803. The maximum Gasteiger partial charge on any atom is 0.252 e. The van der Waals surface area contributed by atoms with E-state index in [1.807, 2.05) is 18.7 Å². The smallest absolute Gasteiger partial charge is 0.252 e. The van der Waals surface area contributed by atoms with Crippen LogP contribution in [0, 0.1) is 0 Å². The van der Waals surface area contributed by atoms with Crippen LogP contribution in [0.2, 0.25) is 0 Å². The van der Waals surface area contributed by atoms with Crippen LogP contribution in [0.3, 0.4) is 0 Å². The number of hydrogen-bond acceptors (Lipinski definition) is 3. The van der Waals surface area contributed by atoms with Crippen molar-refractivity contribution >= 4 is 5.91 Å². The van der Waals surface area contributed by atoms with Crippen molar-refractivity contribution in [3.8, 4) is 0 Å². The number of rotatable bonds is 1. The highest BCUT2D eigenvalue weighted by Gasteiger charge is 2.38. The predicted molar refractivity (Wildman–Crippen MR) is 55.6 cm³/mol. The summed E-state index contributed by atoms with van der Waals surface area (Å²) in [5.41, 5.74) is -0.193. The number of nitrogens with zero attached hydrogens (tertiary/aromatic N) is 1.